The first-order chi connectivity index (χ1) is 28.7. The predicted molar refractivity (Wildman–Crippen MR) is 237 cm³/mol. The Morgan fingerprint density at radius 1 is 0.276 bits per heavy atom. The highest BCUT2D eigenvalue weighted by atomic mass is 16.3. The third-order valence-electron chi connectivity index (χ3n) is 11.3. The molecule has 5 nitrogen and oxygen atoms in total. The number of furan rings is 2. The lowest BCUT2D eigenvalue weighted by Gasteiger charge is -2.12. The largest absolute Gasteiger partial charge is 0.456 e. The van der Waals surface area contributed by atoms with E-state index >= 15 is 0 Å². The van der Waals surface area contributed by atoms with Crippen LogP contribution in [-0.4, -0.2) is 15.0 Å². The van der Waals surface area contributed by atoms with Gasteiger partial charge in [-0.1, -0.05) is 146 Å². The van der Waals surface area contributed by atoms with Crippen molar-refractivity contribution in [3.8, 4) is 56.4 Å². The average Bonchev–Trinajstić information content (AvgIpc) is 3.88. The van der Waals surface area contributed by atoms with Crippen LogP contribution in [0.3, 0.4) is 0 Å². The van der Waals surface area contributed by atoms with E-state index in [2.05, 4.69) is 152 Å². The van der Waals surface area contributed by atoms with Crippen molar-refractivity contribution in [2.24, 2.45) is 0 Å². The van der Waals surface area contributed by atoms with E-state index in [9.17, 15) is 0 Å². The van der Waals surface area contributed by atoms with Crippen molar-refractivity contribution in [1.82, 2.24) is 15.0 Å². The van der Waals surface area contributed by atoms with Gasteiger partial charge in [-0.15, -0.1) is 0 Å². The molecule has 0 saturated heterocycles. The summed E-state index contributed by atoms with van der Waals surface area (Å²) in [4.78, 5) is 15.6. The molecule has 3 aromatic heterocycles. The van der Waals surface area contributed by atoms with Gasteiger partial charge in [0.25, 0.3) is 0 Å². The first-order valence-electron chi connectivity index (χ1n) is 19.4. The summed E-state index contributed by atoms with van der Waals surface area (Å²) in [5, 5.41) is 8.92. The van der Waals surface area contributed by atoms with E-state index in [-0.39, 0.29) is 0 Å². The van der Waals surface area contributed by atoms with E-state index in [0.717, 1.165) is 93.6 Å². The molecule has 0 fully saturated rings. The predicted octanol–water partition coefficient (Wildman–Crippen LogP) is 14.3. The summed E-state index contributed by atoms with van der Waals surface area (Å²) >= 11 is 0. The van der Waals surface area contributed by atoms with Crippen LogP contribution >= 0.6 is 0 Å². The lowest BCUT2D eigenvalue weighted by molar-refractivity contribution is 0.668. The van der Waals surface area contributed by atoms with Crippen LogP contribution in [0.2, 0.25) is 0 Å². The third-order valence-corrected chi connectivity index (χ3v) is 11.3. The molecule has 12 rings (SSSR count). The van der Waals surface area contributed by atoms with Gasteiger partial charge in [0.1, 0.15) is 22.3 Å². The van der Waals surface area contributed by atoms with Crippen molar-refractivity contribution >= 4 is 65.4 Å². The van der Waals surface area contributed by atoms with E-state index in [1.165, 1.54) is 10.8 Å². The maximum atomic E-state index is 6.27. The van der Waals surface area contributed by atoms with Gasteiger partial charge in [-0.2, -0.15) is 0 Å². The fourth-order valence-corrected chi connectivity index (χ4v) is 8.55. The Morgan fingerprint density at radius 3 is 1.67 bits per heavy atom. The van der Waals surface area contributed by atoms with Gasteiger partial charge in [-0.25, -0.2) is 15.0 Å². The maximum absolute atomic E-state index is 6.27. The molecule has 0 amide bonds. The minimum absolute atomic E-state index is 0.594. The monoisotopic (exact) mass is 741 g/mol. The number of rotatable bonds is 5. The molecule has 0 N–H and O–H groups in total. The maximum Gasteiger partial charge on any atom is 0.164 e. The van der Waals surface area contributed by atoms with E-state index < -0.39 is 0 Å². The smallest absolute Gasteiger partial charge is 0.164 e. The topological polar surface area (TPSA) is 65.0 Å². The Bertz CT molecular complexity index is 3580. The zero-order valence-corrected chi connectivity index (χ0v) is 31.1. The molecular formula is C53H31N3O2. The van der Waals surface area contributed by atoms with Gasteiger partial charge in [-0.3, -0.25) is 0 Å². The van der Waals surface area contributed by atoms with Crippen molar-refractivity contribution in [2.45, 2.75) is 0 Å². The van der Waals surface area contributed by atoms with Gasteiger partial charge < -0.3 is 8.83 Å². The summed E-state index contributed by atoms with van der Waals surface area (Å²) in [6.07, 6.45) is 0. The van der Waals surface area contributed by atoms with Crippen LogP contribution in [-0.2, 0) is 0 Å². The number of para-hydroxylation sites is 2. The lowest BCUT2D eigenvalue weighted by atomic mass is 9.97. The highest BCUT2D eigenvalue weighted by Crippen LogP contribution is 2.40. The zero-order valence-electron chi connectivity index (χ0n) is 31.1. The zero-order chi connectivity index (χ0) is 38.2. The second kappa shape index (κ2) is 12.8. The van der Waals surface area contributed by atoms with Gasteiger partial charge in [0, 0.05) is 38.2 Å². The highest BCUT2D eigenvalue weighted by molar-refractivity contribution is 6.20. The molecular weight excluding hydrogens is 711 g/mol. The first kappa shape index (κ1) is 32.4. The molecule has 0 spiro atoms. The van der Waals surface area contributed by atoms with E-state index in [0.29, 0.717) is 17.5 Å². The SMILES string of the molecule is c1cc(-c2nc(-c3ccc(-c4ccc5ccccc5c4)cc3)nc(-c3cccc4c3ccc3oc5ccccc5c34)n2)cc(-c2cccc3oc4ccccc4c23)c1. The van der Waals surface area contributed by atoms with Crippen LogP contribution in [0, 0.1) is 0 Å². The van der Waals surface area contributed by atoms with Crippen LogP contribution in [0.4, 0.5) is 0 Å². The summed E-state index contributed by atoms with van der Waals surface area (Å²) in [5.41, 5.74) is 10.6. The van der Waals surface area contributed by atoms with E-state index in [1.54, 1.807) is 0 Å². The van der Waals surface area contributed by atoms with Crippen molar-refractivity contribution in [3.63, 3.8) is 0 Å². The Hall–Kier alpha value is -7.89. The van der Waals surface area contributed by atoms with Crippen LogP contribution in [0.25, 0.3) is 122 Å². The Morgan fingerprint density at radius 2 is 0.845 bits per heavy atom. The van der Waals surface area contributed by atoms with Crippen molar-refractivity contribution in [2.75, 3.05) is 0 Å². The fourth-order valence-electron chi connectivity index (χ4n) is 8.55. The standard InChI is InChI=1S/C53H31N3O2/c1-2-11-35-30-36(27-24-32(35)10-1)33-22-25-34(26-23-33)51-54-52(38-13-7-12-37(31-38)39-16-9-21-47-49(39)43-14-3-5-19-45(43)57-47)56-53(55-51)42-18-8-17-41-40(42)28-29-48-50(41)44-15-4-6-20-46(44)58-48/h1-31H. The molecule has 9 aromatic carbocycles. The number of nitrogens with zero attached hydrogens (tertiary/aromatic N) is 3. The molecule has 0 radical (unpaired) electrons. The van der Waals surface area contributed by atoms with Crippen LogP contribution < -0.4 is 0 Å². The number of fused-ring (bicyclic) bond motifs is 9. The molecule has 0 unspecified atom stereocenters. The molecule has 3 heterocycles. The normalized spacial score (nSPS) is 11.8. The second-order valence-electron chi connectivity index (χ2n) is 14.7. The van der Waals surface area contributed by atoms with Crippen molar-refractivity contribution in [1.29, 1.82) is 0 Å². The van der Waals surface area contributed by atoms with Gasteiger partial charge in [0.2, 0.25) is 0 Å². The van der Waals surface area contributed by atoms with Crippen molar-refractivity contribution in [3.05, 3.63) is 188 Å². The first-order valence-corrected chi connectivity index (χ1v) is 19.4. The summed E-state index contributed by atoms with van der Waals surface area (Å²) in [5.74, 6) is 1.80. The van der Waals surface area contributed by atoms with E-state index in [4.69, 9.17) is 23.8 Å². The Labute approximate surface area is 332 Å². The highest BCUT2D eigenvalue weighted by Gasteiger charge is 2.19. The molecule has 0 aliphatic heterocycles. The second-order valence-corrected chi connectivity index (χ2v) is 14.7. The van der Waals surface area contributed by atoms with Gasteiger partial charge in [0.05, 0.1) is 0 Å². The molecule has 0 saturated carbocycles. The average molecular weight is 742 g/mol. The quantitative estimate of drug-likeness (QED) is 0.176. The van der Waals surface area contributed by atoms with Crippen LogP contribution in [0.5, 0.6) is 0 Å². The Balaban J connectivity index is 1.04. The molecule has 0 aliphatic rings. The Kier molecular flexibility index (Phi) is 7.16. The summed E-state index contributed by atoms with van der Waals surface area (Å²) in [6.45, 7) is 0. The van der Waals surface area contributed by atoms with Gasteiger partial charge in [0.15, 0.2) is 17.5 Å². The molecule has 12 aromatic rings. The summed E-state index contributed by atoms with van der Waals surface area (Å²) < 4.78 is 12.5. The van der Waals surface area contributed by atoms with Crippen molar-refractivity contribution < 1.29 is 8.83 Å². The molecule has 0 aliphatic carbocycles. The van der Waals surface area contributed by atoms with Crippen LogP contribution in [0.15, 0.2) is 197 Å². The molecule has 5 heteroatoms. The lowest BCUT2D eigenvalue weighted by Crippen LogP contribution is -2.01. The third kappa shape index (κ3) is 5.21. The summed E-state index contributed by atoms with van der Waals surface area (Å²) in [7, 11) is 0. The molecule has 0 bridgehead atoms. The van der Waals surface area contributed by atoms with Gasteiger partial charge in [-0.05, 0) is 86.3 Å². The molecule has 0 atom stereocenters. The number of hydrogen-bond acceptors (Lipinski definition) is 5. The number of hydrogen-bond donors (Lipinski definition) is 0. The number of benzene rings is 9. The van der Waals surface area contributed by atoms with E-state index in [1.807, 2.05) is 36.4 Å². The summed E-state index contributed by atoms with van der Waals surface area (Å²) in [6, 6.07) is 65.2. The minimum atomic E-state index is 0.594. The molecule has 58 heavy (non-hydrogen) atoms. The molecule has 270 valence electrons. The number of aromatic nitrogens is 3. The van der Waals surface area contributed by atoms with Gasteiger partial charge >= 0.3 is 0 Å². The minimum Gasteiger partial charge on any atom is -0.456 e. The fraction of sp³-hybridized carbons (Fsp3) is 0. The van der Waals surface area contributed by atoms with Crippen LogP contribution in [0.1, 0.15) is 0 Å².